The summed E-state index contributed by atoms with van der Waals surface area (Å²) in [7, 11) is 0. The number of hydrogen-bond donors (Lipinski definition) is 0. The molecule has 1 aromatic carbocycles. The summed E-state index contributed by atoms with van der Waals surface area (Å²) in [5, 5.41) is 0. The summed E-state index contributed by atoms with van der Waals surface area (Å²) in [5.74, 6) is 0. The lowest BCUT2D eigenvalue weighted by Gasteiger charge is -2.04. The van der Waals surface area contributed by atoms with Crippen molar-refractivity contribution in [2.75, 3.05) is 6.67 Å². The highest BCUT2D eigenvalue weighted by Crippen LogP contribution is 2.20. The van der Waals surface area contributed by atoms with E-state index in [1.165, 1.54) is 0 Å². The average molecular weight is 156 g/mol. The maximum atomic E-state index is 12.9. The summed E-state index contributed by atoms with van der Waals surface area (Å²) in [6.45, 7) is -0.601. The molecule has 11 heavy (non-hydrogen) atoms. The Hall–Kier alpha value is -0.920. The van der Waals surface area contributed by atoms with Crippen molar-refractivity contribution in [1.82, 2.24) is 0 Å². The van der Waals surface area contributed by atoms with Gasteiger partial charge in [-0.2, -0.15) is 0 Å². The van der Waals surface area contributed by atoms with Crippen molar-refractivity contribution in [3.63, 3.8) is 0 Å². The van der Waals surface area contributed by atoms with Gasteiger partial charge in [-0.3, -0.25) is 4.39 Å². The SMILES string of the molecule is FCCC(F)c1ccccc1. The van der Waals surface area contributed by atoms with Crippen molar-refractivity contribution in [3.8, 4) is 0 Å². The second-order valence-electron chi connectivity index (χ2n) is 2.36. The van der Waals surface area contributed by atoms with Crippen molar-refractivity contribution in [1.29, 1.82) is 0 Å². The third-order valence-electron chi connectivity index (χ3n) is 1.52. The van der Waals surface area contributed by atoms with Crippen molar-refractivity contribution in [2.24, 2.45) is 0 Å². The number of benzene rings is 1. The van der Waals surface area contributed by atoms with Crippen LogP contribution in [-0.4, -0.2) is 6.67 Å². The predicted molar refractivity (Wildman–Crippen MR) is 40.9 cm³/mol. The molecular weight excluding hydrogens is 146 g/mol. The molecule has 0 radical (unpaired) electrons. The predicted octanol–water partition coefficient (Wildman–Crippen LogP) is 3.06. The zero-order chi connectivity index (χ0) is 8.10. The molecule has 0 N–H and O–H groups in total. The topological polar surface area (TPSA) is 0 Å². The summed E-state index contributed by atoms with van der Waals surface area (Å²) in [5.41, 5.74) is 0.560. The maximum Gasteiger partial charge on any atom is 0.128 e. The molecule has 0 amide bonds. The van der Waals surface area contributed by atoms with E-state index in [0.29, 0.717) is 5.56 Å². The fourth-order valence-electron chi connectivity index (χ4n) is 0.924. The standard InChI is InChI=1S/C9H10F2/c10-7-6-9(11)8-4-2-1-3-5-8/h1-5,9H,6-7H2. The van der Waals surface area contributed by atoms with Gasteiger partial charge in [0.15, 0.2) is 0 Å². The molecule has 0 aliphatic carbocycles. The molecule has 0 saturated heterocycles. The molecule has 60 valence electrons. The minimum atomic E-state index is -1.15. The Kier molecular flexibility index (Phi) is 3.02. The van der Waals surface area contributed by atoms with Gasteiger partial charge in [0.05, 0.1) is 6.67 Å². The summed E-state index contributed by atoms with van der Waals surface area (Å²) < 4.78 is 24.6. The van der Waals surface area contributed by atoms with Crippen LogP contribution in [0.15, 0.2) is 30.3 Å². The summed E-state index contributed by atoms with van der Waals surface area (Å²) >= 11 is 0. The highest BCUT2D eigenvalue weighted by molar-refractivity contribution is 5.17. The minimum Gasteiger partial charge on any atom is -0.251 e. The molecule has 0 aliphatic rings. The zero-order valence-corrected chi connectivity index (χ0v) is 6.13. The molecule has 0 aromatic heterocycles. The molecule has 0 aliphatic heterocycles. The van der Waals surface area contributed by atoms with Crippen molar-refractivity contribution < 1.29 is 8.78 Å². The van der Waals surface area contributed by atoms with E-state index in [4.69, 9.17) is 0 Å². The fraction of sp³-hybridized carbons (Fsp3) is 0.333. The first-order valence-corrected chi connectivity index (χ1v) is 3.59. The Labute approximate surface area is 64.9 Å². The monoisotopic (exact) mass is 156 g/mol. The van der Waals surface area contributed by atoms with Crippen LogP contribution >= 0.6 is 0 Å². The summed E-state index contributed by atoms with van der Waals surface area (Å²) in [4.78, 5) is 0. The number of hydrogen-bond acceptors (Lipinski definition) is 0. The molecule has 1 aromatic rings. The van der Waals surface area contributed by atoms with E-state index in [-0.39, 0.29) is 6.42 Å². The van der Waals surface area contributed by atoms with Gasteiger partial charge in [0, 0.05) is 6.42 Å². The van der Waals surface area contributed by atoms with E-state index < -0.39 is 12.8 Å². The van der Waals surface area contributed by atoms with Gasteiger partial charge in [0.25, 0.3) is 0 Å². The van der Waals surface area contributed by atoms with E-state index >= 15 is 0 Å². The van der Waals surface area contributed by atoms with Crippen molar-refractivity contribution >= 4 is 0 Å². The Morgan fingerprint density at radius 1 is 1.18 bits per heavy atom. The van der Waals surface area contributed by atoms with Crippen LogP contribution in [0.2, 0.25) is 0 Å². The number of alkyl halides is 2. The smallest absolute Gasteiger partial charge is 0.128 e. The van der Waals surface area contributed by atoms with E-state index in [1.807, 2.05) is 6.07 Å². The quantitative estimate of drug-likeness (QED) is 0.631. The molecular formula is C9H10F2. The van der Waals surface area contributed by atoms with Gasteiger partial charge >= 0.3 is 0 Å². The largest absolute Gasteiger partial charge is 0.251 e. The first-order chi connectivity index (χ1) is 5.34. The van der Waals surface area contributed by atoms with Crippen LogP contribution in [0.5, 0.6) is 0 Å². The van der Waals surface area contributed by atoms with Gasteiger partial charge in [-0.25, -0.2) is 4.39 Å². The zero-order valence-electron chi connectivity index (χ0n) is 6.13. The first kappa shape index (κ1) is 8.18. The van der Waals surface area contributed by atoms with Crippen LogP contribution in [0, 0.1) is 0 Å². The van der Waals surface area contributed by atoms with Crippen LogP contribution in [0.1, 0.15) is 18.2 Å². The lowest BCUT2D eigenvalue weighted by molar-refractivity contribution is 0.290. The number of rotatable bonds is 3. The molecule has 0 spiro atoms. The Morgan fingerprint density at radius 3 is 2.36 bits per heavy atom. The van der Waals surface area contributed by atoms with Crippen LogP contribution in [0.25, 0.3) is 0 Å². The second-order valence-corrected chi connectivity index (χ2v) is 2.36. The highest BCUT2D eigenvalue weighted by atomic mass is 19.1. The van der Waals surface area contributed by atoms with Crippen LogP contribution in [0.4, 0.5) is 8.78 Å². The Balaban J connectivity index is 2.61. The van der Waals surface area contributed by atoms with E-state index in [2.05, 4.69) is 0 Å². The maximum absolute atomic E-state index is 12.9. The molecule has 0 saturated carbocycles. The lowest BCUT2D eigenvalue weighted by Crippen LogP contribution is -1.91. The first-order valence-electron chi connectivity index (χ1n) is 3.59. The van der Waals surface area contributed by atoms with Gasteiger partial charge < -0.3 is 0 Å². The molecule has 2 heteroatoms. The van der Waals surface area contributed by atoms with Gasteiger partial charge in [0.1, 0.15) is 6.17 Å². The molecule has 0 bridgehead atoms. The Morgan fingerprint density at radius 2 is 1.82 bits per heavy atom. The van der Waals surface area contributed by atoms with Crippen molar-refractivity contribution in [2.45, 2.75) is 12.6 Å². The van der Waals surface area contributed by atoms with E-state index in [1.54, 1.807) is 24.3 Å². The molecule has 1 unspecified atom stereocenters. The molecule has 0 fully saturated rings. The number of halogens is 2. The normalized spacial score (nSPS) is 12.9. The van der Waals surface area contributed by atoms with Crippen molar-refractivity contribution in [3.05, 3.63) is 35.9 Å². The fourth-order valence-corrected chi connectivity index (χ4v) is 0.924. The molecule has 0 nitrogen and oxygen atoms in total. The lowest BCUT2D eigenvalue weighted by atomic mass is 10.1. The van der Waals surface area contributed by atoms with E-state index in [9.17, 15) is 8.78 Å². The van der Waals surface area contributed by atoms with Crippen LogP contribution in [-0.2, 0) is 0 Å². The summed E-state index contributed by atoms with van der Waals surface area (Å²) in [6.07, 6.45) is -1.19. The third-order valence-corrected chi connectivity index (χ3v) is 1.52. The molecule has 1 atom stereocenters. The van der Waals surface area contributed by atoms with Crippen LogP contribution < -0.4 is 0 Å². The van der Waals surface area contributed by atoms with Gasteiger partial charge in [-0.05, 0) is 5.56 Å². The Bertz CT molecular complexity index is 196. The minimum absolute atomic E-state index is 0.0377. The molecule has 1 rings (SSSR count). The third kappa shape index (κ3) is 2.30. The second kappa shape index (κ2) is 4.06. The van der Waals surface area contributed by atoms with Gasteiger partial charge in [-0.15, -0.1) is 0 Å². The van der Waals surface area contributed by atoms with Gasteiger partial charge in [-0.1, -0.05) is 30.3 Å². The van der Waals surface area contributed by atoms with Gasteiger partial charge in [0.2, 0.25) is 0 Å². The average Bonchev–Trinajstić information content (AvgIpc) is 2.07. The highest BCUT2D eigenvalue weighted by Gasteiger charge is 2.07. The van der Waals surface area contributed by atoms with Crippen LogP contribution in [0.3, 0.4) is 0 Å². The van der Waals surface area contributed by atoms with E-state index in [0.717, 1.165) is 0 Å². The molecule has 0 heterocycles. The summed E-state index contributed by atoms with van der Waals surface area (Å²) in [6, 6.07) is 8.65.